The van der Waals surface area contributed by atoms with Crippen LogP contribution in [0.25, 0.3) is 0 Å². The molecule has 1 amide bonds. The number of guanidine groups is 1. The van der Waals surface area contributed by atoms with Gasteiger partial charge in [0.1, 0.15) is 0 Å². The number of halogens is 1. The molecule has 10 heteroatoms. The van der Waals surface area contributed by atoms with Gasteiger partial charge >= 0.3 is 0 Å². The summed E-state index contributed by atoms with van der Waals surface area (Å²) in [5.41, 5.74) is 0. The molecule has 1 aliphatic heterocycles. The highest BCUT2D eigenvalue weighted by Gasteiger charge is 2.28. The molecule has 1 aromatic rings. The lowest BCUT2D eigenvalue weighted by molar-refractivity contribution is -0.121. The second kappa shape index (κ2) is 11.1. The fourth-order valence-electron chi connectivity index (χ4n) is 2.65. The third kappa shape index (κ3) is 7.78. The third-order valence-corrected chi connectivity index (χ3v) is 6.94. The first-order chi connectivity index (χ1) is 11.9. The number of aliphatic imine (C=N–C) groups is 1. The highest BCUT2D eigenvalue weighted by Crippen LogP contribution is 2.19. The zero-order chi connectivity index (χ0) is 18.3. The zero-order valence-electron chi connectivity index (χ0n) is 15.0. The summed E-state index contributed by atoms with van der Waals surface area (Å²) in [6, 6.07) is 3.90. The van der Waals surface area contributed by atoms with E-state index in [2.05, 4.69) is 39.3 Å². The van der Waals surface area contributed by atoms with E-state index in [0.29, 0.717) is 24.8 Å². The van der Waals surface area contributed by atoms with Gasteiger partial charge in [0.25, 0.3) is 0 Å². The lowest BCUT2D eigenvalue weighted by atomic mass is 10.1. The van der Waals surface area contributed by atoms with Crippen molar-refractivity contribution in [1.29, 1.82) is 0 Å². The molecule has 1 aromatic heterocycles. The maximum absolute atomic E-state index is 11.9. The van der Waals surface area contributed by atoms with E-state index in [1.165, 1.54) is 4.88 Å². The van der Waals surface area contributed by atoms with E-state index in [4.69, 9.17) is 0 Å². The van der Waals surface area contributed by atoms with Crippen molar-refractivity contribution < 1.29 is 13.2 Å². The van der Waals surface area contributed by atoms with Crippen LogP contribution in [-0.4, -0.2) is 58.0 Å². The van der Waals surface area contributed by atoms with Crippen LogP contribution in [0.1, 0.15) is 30.6 Å². The molecule has 148 valence electrons. The first-order valence-corrected chi connectivity index (χ1v) is 11.1. The first kappa shape index (κ1) is 23.2. The molecule has 2 atom stereocenters. The van der Waals surface area contributed by atoms with Crippen molar-refractivity contribution in [3.05, 3.63) is 22.4 Å². The molecule has 1 saturated heterocycles. The van der Waals surface area contributed by atoms with Crippen LogP contribution in [0.5, 0.6) is 0 Å². The predicted molar refractivity (Wildman–Crippen MR) is 117 cm³/mol. The summed E-state index contributed by atoms with van der Waals surface area (Å²) in [5.74, 6) is 1.10. The van der Waals surface area contributed by atoms with Crippen LogP contribution in [0, 0.1) is 0 Å². The van der Waals surface area contributed by atoms with E-state index >= 15 is 0 Å². The fourth-order valence-corrected chi connectivity index (χ4v) is 5.11. The van der Waals surface area contributed by atoms with Crippen molar-refractivity contribution in [2.45, 2.75) is 31.7 Å². The van der Waals surface area contributed by atoms with E-state index in [0.717, 1.165) is 6.54 Å². The summed E-state index contributed by atoms with van der Waals surface area (Å²) >= 11 is 1.73. The smallest absolute Gasteiger partial charge is 0.222 e. The molecular weight excluding hydrogens is 487 g/mol. The number of hydrogen-bond acceptors (Lipinski definition) is 5. The third-order valence-electron chi connectivity index (χ3n) is 4.07. The normalized spacial score (nSPS) is 20.1. The minimum Gasteiger partial charge on any atom is -0.356 e. The number of amides is 1. The summed E-state index contributed by atoms with van der Waals surface area (Å²) in [6.07, 6.45) is 0.781. The average Bonchev–Trinajstić information content (AvgIpc) is 3.20. The molecule has 3 N–H and O–H groups in total. The predicted octanol–water partition coefficient (Wildman–Crippen LogP) is 1.33. The van der Waals surface area contributed by atoms with Crippen LogP contribution in [-0.2, 0) is 14.6 Å². The van der Waals surface area contributed by atoms with E-state index < -0.39 is 9.84 Å². The van der Waals surface area contributed by atoms with Crippen LogP contribution in [0.2, 0.25) is 0 Å². The molecule has 26 heavy (non-hydrogen) atoms. The molecule has 2 heterocycles. The largest absolute Gasteiger partial charge is 0.356 e. The van der Waals surface area contributed by atoms with Crippen molar-refractivity contribution in [1.82, 2.24) is 16.0 Å². The van der Waals surface area contributed by atoms with Crippen molar-refractivity contribution in [3.8, 4) is 0 Å². The van der Waals surface area contributed by atoms with Crippen LogP contribution in [0.15, 0.2) is 22.5 Å². The fraction of sp³-hybridized carbons (Fsp3) is 0.625. The molecule has 1 aliphatic rings. The molecular formula is C16H27IN4O3S2. The highest BCUT2D eigenvalue weighted by atomic mass is 127. The SMILES string of the molecule is CN=C(NCCC(=O)NC1CCS(=O)(=O)C1)NCC(C)c1cccs1.I. The van der Waals surface area contributed by atoms with E-state index in [1.54, 1.807) is 18.4 Å². The second-order valence-electron chi connectivity index (χ2n) is 6.21. The zero-order valence-corrected chi connectivity index (χ0v) is 19.0. The number of carbonyl (C=O) groups excluding carboxylic acids is 1. The number of rotatable bonds is 7. The van der Waals surface area contributed by atoms with Crippen molar-refractivity contribution >= 4 is 57.0 Å². The monoisotopic (exact) mass is 514 g/mol. The number of thiophene rings is 1. The molecule has 2 unspecified atom stereocenters. The lowest BCUT2D eigenvalue weighted by Gasteiger charge is -2.15. The molecule has 2 rings (SSSR count). The van der Waals surface area contributed by atoms with Gasteiger partial charge in [0.05, 0.1) is 11.5 Å². The van der Waals surface area contributed by atoms with Gasteiger partial charge in [-0.1, -0.05) is 13.0 Å². The number of nitrogens with one attached hydrogen (secondary N) is 3. The van der Waals surface area contributed by atoms with Crippen LogP contribution >= 0.6 is 35.3 Å². The summed E-state index contributed by atoms with van der Waals surface area (Å²) in [6.45, 7) is 3.35. The van der Waals surface area contributed by atoms with Gasteiger partial charge in [-0.15, -0.1) is 35.3 Å². The van der Waals surface area contributed by atoms with Crippen molar-refractivity contribution in [2.75, 3.05) is 31.6 Å². The number of carbonyl (C=O) groups is 1. The van der Waals surface area contributed by atoms with Crippen LogP contribution in [0.4, 0.5) is 0 Å². The lowest BCUT2D eigenvalue weighted by Crippen LogP contribution is -2.42. The minimum absolute atomic E-state index is 0. The van der Waals surface area contributed by atoms with Gasteiger partial charge in [0.2, 0.25) is 5.91 Å². The van der Waals surface area contributed by atoms with Crippen molar-refractivity contribution in [3.63, 3.8) is 0 Å². The Kier molecular flexibility index (Phi) is 9.86. The molecule has 0 radical (unpaired) electrons. The minimum atomic E-state index is -2.97. The summed E-state index contributed by atoms with van der Waals surface area (Å²) in [4.78, 5) is 17.4. The molecule has 0 saturated carbocycles. The summed E-state index contributed by atoms with van der Waals surface area (Å²) < 4.78 is 22.8. The highest BCUT2D eigenvalue weighted by molar-refractivity contribution is 14.0. The van der Waals surface area contributed by atoms with Gasteiger partial charge in [-0.2, -0.15) is 0 Å². The number of nitrogens with zero attached hydrogens (tertiary/aromatic N) is 1. The molecule has 0 aromatic carbocycles. The van der Waals surface area contributed by atoms with E-state index in [-0.39, 0.29) is 53.9 Å². The quantitative estimate of drug-likeness (QED) is 0.290. The number of sulfone groups is 1. The molecule has 0 aliphatic carbocycles. The van der Waals surface area contributed by atoms with Crippen LogP contribution < -0.4 is 16.0 Å². The van der Waals surface area contributed by atoms with E-state index in [1.807, 2.05) is 6.07 Å². The first-order valence-electron chi connectivity index (χ1n) is 8.37. The maximum atomic E-state index is 11.9. The Labute approximate surface area is 176 Å². The number of hydrogen-bond donors (Lipinski definition) is 3. The van der Waals surface area contributed by atoms with Gasteiger partial charge in [-0.25, -0.2) is 8.42 Å². The van der Waals surface area contributed by atoms with Crippen molar-refractivity contribution in [2.24, 2.45) is 4.99 Å². The van der Waals surface area contributed by atoms with Gasteiger partial charge < -0.3 is 16.0 Å². The Morgan fingerprint density at radius 1 is 1.42 bits per heavy atom. The standard InChI is InChI=1S/C16H26N4O3S2.HI/c1-12(14-4-3-8-24-14)10-19-16(17-2)18-7-5-15(21)20-13-6-9-25(22,23)11-13;/h3-4,8,12-13H,5-7,9-11H2,1-2H3,(H,20,21)(H2,17,18,19);1H. The summed E-state index contributed by atoms with van der Waals surface area (Å²) in [7, 11) is -1.28. The molecule has 7 nitrogen and oxygen atoms in total. The molecule has 0 bridgehead atoms. The van der Waals surface area contributed by atoms with Crippen LogP contribution in [0.3, 0.4) is 0 Å². The van der Waals surface area contributed by atoms with Gasteiger partial charge in [-0.3, -0.25) is 9.79 Å². The molecule has 0 spiro atoms. The Bertz CT molecular complexity index is 692. The van der Waals surface area contributed by atoms with Gasteiger partial charge in [0, 0.05) is 43.4 Å². The average molecular weight is 514 g/mol. The molecule has 1 fully saturated rings. The Morgan fingerprint density at radius 2 is 2.19 bits per heavy atom. The summed E-state index contributed by atoms with van der Waals surface area (Å²) in [5, 5.41) is 11.2. The Hall–Kier alpha value is -0.880. The topological polar surface area (TPSA) is 99.7 Å². The second-order valence-corrected chi connectivity index (χ2v) is 9.42. The van der Waals surface area contributed by atoms with Gasteiger partial charge in [-0.05, 0) is 17.9 Å². The maximum Gasteiger partial charge on any atom is 0.222 e. The van der Waals surface area contributed by atoms with Gasteiger partial charge in [0.15, 0.2) is 15.8 Å². The Morgan fingerprint density at radius 3 is 2.77 bits per heavy atom. The van der Waals surface area contributed by atoms with E-state index in [9.17, 15) is 13.2 Å². The Balaban J connectivity index is 0.00000338.